The summed E-state index contributed by atoms with van der Waals surface area (Å²) in [5.41, 5.74) is 1.01. The van der Waals surface area contributed by atoms with Crippen molar-refractivity contribution in [1.29, 1.82) is 0 Å². The molecule has 1 atom stereocenters. The Kier molecular flexibility index (Phi) is 4.73. The van der Waals surface area contributed by atoms with E-state index in [0.29, 0.717) is 6.04 Å². The van der Waals surface area contributed by atoms with Gasteiger partial charge >= 0.3 is 0 Å². The minimum Gasteiger partial charge on any atom is -0.463 e. The van der Waals surface area contributed by atoms with Crippen LogP contribution in [0.25, 0.3) is 11.5 Å². The van der Waals surface area contributed by atoms with E-state index < -0.39 is 0 Å². The fraction of sp³-hybridized carbons (Fsp3) is 0.562. The molecule has 5 heteroatoms. The number of nitrogens with one attached hydrogen (secondary N) is 1. The fourth-order valence-electron chi connectivity index (χ4n) is 2.93. The Labute approximate surface area is 130 Å². The fourth-order valence-corrected chi connectivity index (χ4v) is 4.03. The average Bonchev–Trinajstić information content (AvgIpc) is 3.15. The number of thiazole rings is 1. The summed E-state index contributed by atoms with van der Waals surface area (Å²) in [6.45, 7) is 8.77. The maximum absolute atomic E-state index is 5.52. The Bertz CT molecular complexity index is 558. The molecule has 0 aliphatic carbocycles. The van der Waals surface area contributed by atoms with Crippen LogP contribution in [0.15, 0.2) is 22.8 Å². The first-order valence-electron chi connectivity index (χ1n) is 7.75. The van der Waals surface area contributed by atoms with E-state index >= 15 is 0 Å². The number of rotatable bonds is 5. The lowest BCUT2D eigenvalue weighted by atomic mass is 10.1. The molecule has 0 saturated carbocycles. The van der Waals surface area contributed by atoms with Crippen molar-refractivity contribution in [2.24, 2.45) is 0 Å². The van der Waals surface area contributed by atoms with E-state index in [-0.39, 0.29) is 0 Å². The van der Waals surface area contributed by atoms with Crippen LogP contribution in [0, 0.1) is 6.92 Å². The summed E-state index contributed by atoms with van der Waals surface area (Å²) < 4.78 is 5.52. The number of aromatic nitrogens is 1. The second-order valence-corrected chi connectivity index (χ2v) is 6.76. The average molecular weight is 305 g/mol. The zero-order valence-corrected chi connectivity index (χ0v) is 13.6. The van der Waals surface area contributed by atoms with Gasteiger partial charge in [0.25, 0.3) is 0 Å². The van der Waals surface area contributed by atoms with Gasteiger partial charge in [-0.25, -0.2) is 4.98 Å². The molecule has 21 heavy (non-hydrogen) atoms. The van der Waals surface area contributed by atoms with Gasteiger partial charge in [-0.1, -0.05) is 13.3 Å². The molecule has 0 radical (unpaired) electrons. The molecule has 3 heterocycles. The van der Waals surface area contributed by atoms with Gasteiger partial charge in [0.05, 0.1) is 12.3 Å². The summed E-state index contributed by atoms with van der Waals surface area (Å²) in [4.78, 5) is 8.73. The maximum Gasteiger partial charge on any atom is 0.153 e. The van der Waals surface area contributed by atoms with Crippen LogP contribution in [0.4, 0.5) is 0 Å². The second kappa shape index (κ2) is 6.73. The molecule has 1 saturated heterocycles. The van der Waals surface area contributed by atoms with Crippen molar-refractivity contribution < 1.29 is 4.42 Å². The van der Waals surface area contributed by atoms with Gasteiger partial charge in [-0.05, 0) is 25.5 Å². The quantitative estimate of drug-likeness (QED) is 0.918. The zero-order valence-electron chi connectivity index (χ0n) is 12.8. The van der Waals surface area contributed by atoms with Gasteiger partial charge in [0, 0.05) is 31.1 Å². The first kappa shape index (κ1) is 14.8. The summed E-state index contributed by atoms with van der Waals surface area (Å²) in [5, 5.41) is 4.67. The third kappa shape index (κ3) is 3.20. The lowest BCUT2D eigenvalue weighted by molar-refractivity contribution is 0.164. The molecule has 0 spiro atoms. The largest absolute Gasteiger partial charge is 0.463 e. The van der Waals surface area contributed by atoms with Crippen molar-refractivity contribution in [2.75, 3.05) is 26.2 Å². The van der Waals surface area contributed by atoms with Crippen LogP contribution in [0.2, 0.25) is 0 Å². The second-order valence-electron chi connectivity index (χ2n) is 5.52. The molecule has 1 unspecified atom stereocenters. The van der Waals surface area contributed by atoms with Crippen LogP contribution in [-0.2, 0) is 0 Å². The van der Waals surface area contributed by atoms with Crippen LogP contribution in [0.1, 0.15) is 35.7 Å². The maximum atomic E-state index is 5.52. The molecular weight excluding hydrogens is 282 g/mol. The van der Waals surface area contributed by atoms with Crippen LogP contribution in [0.3, 0.4) is 0 Å². The molecule has 114 valence electrons. The summed E-state index contributed by atoms with van der Waals surface area (Å²) in [5.74, 6) is 0.880. The molecule has 2 aromatic heterocycles. The Hall–Kier alpha value is -1.17. The summed E-state index contributed by atoms with van der Waals surface area (Å²) >= 11 is 1.82. The summed E-state index contributed by atoms with van der Waals surface area (Å²) in [7, 11) is 0. The molecule has 0 amide bonds. The van der Waals surface area contributed by atoms with E-state index in [2.05, 4.69) is 24.1 Å². The third-order valence-corrected chi connectivity index (χ3v) is 5.08. The van der Waals surface area contributed by atoms with E-state index in [1.807, 2.05) is 23.5 Å². The molecule has 2 aromatic rings. The van der Waals surface area contributed by atoms with Crippen molar-refractivity contribution in [1.82, 2.24) is 15.2 Å². The number of aryl methyl sites for hydroxylation is 1. The number of nitrogens with zero attached hydrogens (tertiary/aromatic N) is 2. The van der Waals surface area contributed by atoms with Crippen LogP contribution < -0.4 is 5.32 Å². The monoisotopic (exact) mass is 305 g/mol. The van der Waals surface area contributed by atoms with Crippen molar-refractivity contribution in [3.63, 3.8) is 0 Å². The van der Waals surface area contributed by atoms with E-state index in [1.165, 1.54) is 22.7 Å². The number of piperazine rings is 1. The third-order valence-electron chi connectivity index (χ3n) is 4.01. The first-order chi connectivity index (χ1) is 10.3. The number of hydrogen-bond acceptors (Lipinski definition) is 5. The SMILES string of the molecule is CCCC(c1nc(-c2ccco2)c(C)s1)N1CCNCC1. The van der Waals surface area contributed by atoms with Crippen molar-refractivity contribution in [3.8, 4) is 11.5 Å². The highest BCUT2D eigenvalue weighted by molar-refractivity contribution is 7.12. The zero-order chi connectivity index (χ0) is 14.7. The Morgan fingerprint density at radius 3 is 2.90 bits per heavy atom. The molecular formula is C16H23N3OS. The molecule has 1 aliphatic heterocycles. The highest BCUT2D eigenvalue weighted by Gasteiger charge is 2.25. The van der Waals surface area contributed by atoms with Crippen molar-refractivity contribution in [2.45, 2.75) is 32.7 Å². The van der Waals surface area contributed by atoms with Gasteiger partial charge in [0.1, 0.15) is 10.7 Å². The molecule has 0 aromatic carbocycles. The smallest absolute Gasteiger partial charge is 0.153 e. The summed E-state index contributed by atoms with van der Waals surface area (Å²) in [6, 6.07) is 4.36. The molecule has 0 bridgehead atoms. The Morgan fingerprint density at radius 2 is 2.24 bits per heavy atom. The minimum atomic E-state index is 0.449. The molecule has 1 aliphatic rings. The van der Waals surface area contributed by atoms with Crippen LogP contribution in [-0.4, -0.2) is 36.1 Å². The van der Waals surface area contributed by atoms with Gasteiger partial charge in [0.2, 0.25) is 0 Å². The van der Waals surface area contributed by atoms with E-state index in [1.54, 1.807) is 6.26 Å². The van der Waals surface area contributed by atoms with E-state index in [4.69, 9.17) is 9.40 Å². The predicted octanol–water partition coefficient (Wildman–Crippen LogP) is 3.46. The van der Waals surface area contributed by atoms with Crippen molar-refractivity contribution >= 4 is 11.3 Å². The lowest BCUT2D eigenvalue weighted by Gasteiger charge is -2.33. The topological polar surface area (TPSA) is 41.3 Å². The molecule has 1 fully saturated rings. The Morgan fingerprint density at radius 1 is 1.43 bits per heavy atom. The molecule has 1 N–H and O–H groups in total. The normalized spacial score (nSPS) is 18.0. The molecule has 3 rings (SSSR count). The highest BCUT2D eigenvalue weighted by Crippen LogP contribution is 2.35. The standard InChI is InChI=1S/C16H23N3OS/c1-3-5-13(19-9-7-17-8-10-19)16-18-15(12(2)21-16)14-6-4-11-20-14/h4,6,11,13,17H,3,5,7-10H2,1-2H3. The number of hydrogen-bond donors (Lipinski definition) is 1. The van der Waals surface area contributed by atoms with E-state index in [9.17, 15) is 0 Å². The van der Waals surface area contributed by atoms with Gasteiger partial charge in [-0.3, -0.25) is 4.90 Å². The molecule has 4 nitrogen and oxygen atoms in total. The van der Waals surface area contributed by atoms with Crippen LogP contribution >= 0.6 is 11.3 Å². The summed E-state index contributed by atoms with van der Waals surface area (Å²) in [6.07, 6.45) is 4.07. The lowest BCUT2D eigenvalue weighted by Crippen LogP contribution is -2.45. The minimum absolute atomic E-state index is 0.449. The van der Waals surface area contributed by atoms with Gasteiger partial charge < -0.3 is 9.73 Å². The Balaban J connectivity index is 1.87. The van der Waals surface area contributed by atoms with Gasteiger partial charge in [-0.2, -0.15) is 0 Å². The van der Waals surface area contributed by atoms with Gasteiger partial charge in [0.15, 0.2) is 5.76 Å². The first-order valence-corrected chi connectivity index (χ1v) is 8.57. The van der Waals surface area contributed by atoms with E-state index in [0.717, 1.165) is 37.6 Å². The highest BCUT2D eigenvalue weighted by atomic mass is 32.1. The van der Waals surface area contributed by atoms with Crippen molar-refractivity contribution in [3.05, 3.63) is 28.3 Å². The predicted molar refractivity (Wildman–Crippen MR) is 86.6 cm³/mol. The van der Waals surface area contributed by atoms with Crippen LogP contribution in [0.5, 0.6) is 0 Å². The van der Waals surface area contributed by atoms with Gasteiger partial charge in [-0.15, -0.1) is 11.3 Å². The number of furan rings is 1.